The van der Waals surface area contributed by atoms with Gasteiger partial charge in [0, 0.05) is 12.5 Å². The first-order valence-electron chi connectivity index (χ1n) is 3.99. The van der Waals surface area contributed by atoms with Crippen LogP contribution in [0.5, 0.6) is 0 Å². The maximum atomic E-state index is 11.1. The topological polar surface area (TPSA) is 69.1 Å². The van der Waals surface area contributed by atoms with Gasteiger partial charge in [-0.15, -0.1) is 0 Å². The van der Waals surface area contributed by atoms with Gasteiger partial charge in [0.25, 0.3) is 0 Å². The van der Waals surface area contributed by atoms with Crippen LogP contribution in [0.1, 0.15) is 27.2 Å². The number of Topliss-reactive ketones (excluding diaryl/α,β-unsaturated/α-hetero) is 1. The summed E-state index contributed by atoms with van der Waals surface area (Å²) in [7, 11) is 0. The normalized spacial score (nSPS) is 16.5. The minimum Gasteiger partial charge on any atom is -0.327 e. The molecule has 0 aromatic heterocycles. The number of ketones is 1. The van der Waals surface area contributed by atoms with Gasteiger partial charge in [-0.05, 0) is 12.8 Å². The van der Waals surface area contributed by atoms with Crippen molar-refractivity contribution in [3.8, 4) is 0 Å². The summed E-state index contributed by atoms with van der Waals surface area (Å²) in [6, 6.07) is -0.423. The molecule has 0 aromatic rings. The van der Waals surface area contributed by atoms with Crippen molar-refractivity contribution in [2.24, 2.45) is 17.4 Å². The van der Waals surface area contributed by atoms with Gasteiger partial charge in [-0.25, -0.2) is 0 Å². The molecule has 0 aromatic carbocycles. The van der Waals surface area contributed by atoms with Crippen LogP contribution in [-0.4, -0.2) is 17.9 Å². The van der Waals surface area contributed by atoms with Gasteiger partial charge in [0.15, 0.2) is 5.78 Å². The molecule has 3 heteroatoms. The number of carbonyl (C=O) groups excluding carboxylic acids is 1. The number of nitrogens with two attached hydrogens (primary N) is 2. The molecular weight excluding hydrogens is 140 g/mol. The monoisotopic (exact) mass is 158 g/mol. The number of carbonyl (C=O) groups is 1. The van der Waals surface area contributed by atoms with Crippen molar-refractivity contribution in [1.82, 2.24) is 0 Å². The molecular formula is C8H18N2O. The highest BCUT2D eigenvalue weighted by atomic mass is 16.1. The van der Waals surface area contributed by atoms with Gasteiger partial charge in [0.1, 0.15) is 0 Å². The lowest BCUT2D eigenvalue weighted by molar-refractivity contribution is -0.120. The molecule has 66 valence electrons. The highest BCUT2D eigenvalue weighted by Gasteiger charge is 2.15. The second-order valence-corrected chi connectivity index (χ2v) is 3.37. The quantitative estimate of drug-likeness (QED) is 0.617. The van der Waals surface area contributed by atoms with E-state index in [1.54, 1.807) is 6.92 Å². The van der Waals surface area contributed by atoms with Crippen molar-refractivity contribution in [3.05, 3.63) is 0 Å². The van der Waals surface area contributed by atoms with Crippen molar-refractivity contribution in [1.29, 1.82) is 0 Å². The molecule has 0 amide bonds. The Kier molecular flexibility index (Phi) is 4.30. The van der Waals surface area contributed by atoms with Crippen LogP contribution in [0.4, 0.5) is 0 Å². The van der Waals surface area contributed by atoms with Crippen LogP contribution in [0, 0.1) is 5.92 Å². The van der Waals surface area contributed by atoms with E-state index in [9.17, 15) is 4.79 Å². The van der Waals surface area contributed by atoms with E-state index >= 15 is 0 Å². The minimum atomic E-state index is -0.375. The summed E-state index contributed by atoms with van der Waals surface area (Å²) in [4.78, 5) is 11.1. The van der Waals surface area contributed by atoms with E-state index in [-0.39, 0.29) is 17.9 Å². The average molecular weight is 158 g/mol. The third-order valence-corrected chi connectivity index (χ3v) is 1.80. The standard InChI is InChI=1S/C8H18N2O/c1-5(2)7(10)4-8(11)6(3)9/h5-7H,4,9-10H2,1-3H3. The maximum Gasteiger partial charge on any atom is 0.150 e. The highest BCUT2D eigenvalue weighted by Crippen LogP contribution is 2.03. The molecule has 0 aliphatic heterocycles. The molecule has 0 rings (SSSR count). The van der Waals surface area contributed by atoms with E-state index in [2.05, 4.69) is 0 Å². The fraction of sp³-hybridized carbons (Fsp3) is 0.875. The van der Waals surface area contributed by atoms with Crippen molar-refractivity contribution in [3.63, 3.8) is 0 Å². The molecule has 4 N–H and O–H groups in total. The predicted octanol–water partition coefficient (Wildman–Crippen LogP) is 0.276. The fourth-order valence-electron chi connectivity index (χ4n) is 0.654. The number of rotatable bonds is 4. The molecule has 0 saturated carbocycles. The Morgan fingerprint density at radius 3 is 2.00 bits per heavy atom. The molecule has 0 aliphatic rings. The Bertz CT molecular complexity index is 132. The molecule has 11 heavy (non-hydrogen) atoms. The first-order valence-corrected chi connectivity index (χ1v) is 3.99. The van der Waals surface area contributed by atoms with Crippen LogP contribution in [0.15, 0.2) is 0 Å². The van der Waals surface area contributed by atoms with Gasteiger partial charge in [-0.1, -0.05) is 13.8 Å². The highest BCUT2D eigenvalue weighted by molar-refractivity contribution is 5.83. The first kappa shape index (κ1) is 10.6. The molecule has 0 fully saturated rings. The third-order valence-electron chi connectivity index (χ3n) is 1.80. The van der Waals surface area contributed by atoms with Crippen molar-refractivity contribution in [2.75, 3.05) is 0 Å². The average Bonchev–Trinajstić information content (AvgIpc) is 1.87. The summed E-state index contributed by atoms with van der Waals surface area (Å²) in [5.41, 5.74) is 11.1. The van der Waals surface area contributed by atoms with Crippen LogP contribution < -0.4 is 11.5 Å². The summed E-state index contributed by atoms with van der Waals surface area (Å²) < 4.78 is 0. The Morgan fingerprint density at radius 2 is 1.73 bits per heavy atom. The van der Waals surface area contributed by atoms with Crippen LogP contribution in [-0.2, 0) is 4.79 Å². The first-order chi connectivity index (χ1) is 4.95. The van der Waals surface area contributed by atoms with E-state index in [0.29, 0.717) is 12.3 Å². The molecule has 2 unspecified atom stereocenters. The lowest BCUT2D eigenvalue weighted by atomic mass is 9.98. The molecule has 0 spiro atoms. The molecule has 0 bridgehead atoms. The van der Waals surface area contributed by atoms with Gasteiger partial charge in [0.05, 0.1) is 6.04 Å². The van der Waals surface area contributed by atoms with Gasteiger partial charge in [-0.2, -0.15) is 0 Å². The number of hydrogen-bond donors (Lipinski definition) is 2. The van der Waals surface area contributed by atoms with E-state index in [4.69, 9.17) is 11.5 Å². The molecule has 0 saturated heterocycles. The van der Waals surface area contributed by atoms with Crippen LogP contribution in [0.3, 0.4) is 0 Å². The predicted molar refractivity (Wildman–Crippen MR) is 46.1 cm³/mol. The summed E-state index contributed by atoms with van der Waals surface area (Å²) >= 11 is 0. The molecule has 0 heterocycles. The number of hydrogen-bond acceptors (Lipinski definition) is 3. The summed E-state index contributed by atoms with van der Waals surface area (Å²) in [5.74, 6) is 0.392. The van der Waals surface area contributed by atoms with Crippen molar-refractivity contribution >= 4 is 5.78 Å². The van der Waals surface area contributed by atoms with Gasteiger partial charge in [0.2, 0.25) is 0 Å². The SMILES string of the molecule is CC(N)C(=O)CC(N)C(C)C. The Hall–Kier alpha value is -0.410. The fourth-order valence-corrected chi connectivity index (χ4v) is 0.654. The van der Waals surface area contributed by atoms with Crippen molar-refractivity contribution < 1.29 is 4.79 Å². The van der Waals surface area contributed by atoms with Crippen molar-refractivity contribution in [2.45, 2.75) is 39.3 Å². The molecule has 0 radical (unpaired) electrons. The van der Waals surface area contributed by atoms with Gasteiger partial charge < -0.3 is 11.5 Å². The smallest absolute Gasteiger partial charge is 0.150 e. The lowest BCUT2D eigenvalue weighted by Gasteiger charge is -2.15. The molecule has 2 atom stereocenters. The second kappa shape index (κ2) is 4.46. The van der Waals surface area contributed by atoms with Crippen LogP contribution in [0.25, 0.3) is 0 Å². The largest absolute Gasteiger partial charge is 0.327 e. The van der Waals surface area contributed by atoms with E-state index in [1.807, 2.05) is 13.8 Å². The second-order valence-electron chi connectivity index (χ2n) is 3.37. The molecule has 3 nitrogen and oxygen atoms in total. The van der Waals surface area contributed by atoms with E-state index in [1.165, 1.54) is 0 Å². The Morgan fingerprint density at radius 1 is 1.27 bits per heavy atom. The molecule has 0 aliphatic carbocycles. The summed E-state index contributed by atoms with van der Waals surface area (Å²) in [6.07, 6.45) is 0.398. The Labute approximate surface area is 68.1 Å². The van der Waals surface area contributed by atoms with Gasteiger partial charge in [-0.3, -0.25) is 4.79 Å². The third kappa shape index (κ3) is 4.11. The van der Waals surface area contributed by atoms with Gasteiger partial charge >= 0.3 is 0 Å². The Balaban J connectivity index is 3.76. The minimum absolute atomic E-state index is 0.0474. The zero-order valence-corrected chi connectivity index (χ0v) is 7.50. The lowest BCUT2D eigenvalue weighted by Crippen LogP contribution is -2.35. The zero-order valence-electron chi connectivity index (χ0n) is 7.50. The van der Waals surface area contributed by atoms with Crippen LogP contribution >= 0.6 is 0 Å². The van der Waals surface area contributed by atoms with E-state index < -0.39 is 0 Å². The summed E-state index contributed by atoms with van der Waals surface area (Å²) in [5, 5.41) is 0. The van der Waals surface area contributed by atoms with E-state index in [0.717, 1.165) is 0 Å². The zero-order chi connectivity index (χ0) is 9.02. The maximum absolute atomic E-state index is 11.1. The van der Waals surface area contributed by atoms with Crippen LogP contribution in [0.2, 0.25) is 0 Å². The summed E-state index contributed by atoms with van der Waals surface area (Å²) in [6.45, 7) is 5.69.